The fourth-order valence-corrected chi connectivity index (χ4v) is 3.65. The number of carbonyl (C=O) groups excluding carboxylic acids is 1. The van der Waals surface area contributed by atoms with Gasteiger partial charge in [-0.05, 0) is 44.6 Å². The summed E-state index contributed by atoms with van der Waals surface area (Å²) in [5, 5.41) is 0. The molecule has 2 atom stereocenters. The van der Waals surface area contributed by atoms with Gasteiger partial charge in [-0.25, -0.2) is 0 Å². The standard InChI is InChI=1S/C17H27O3P.Li/c1-12(10-17(2,3)4)11-21-16(18)15-13(19-5)8-7-9-14(15)20-6;/h7-9,12,21H,10-11H2,1-6H3;. The van der Waals surface area contributed by atoms with Crippen molar-refractivity contribution < 1.29 is 14.3 Å². The van der Waals surface area contributed by atoms with Gasteiger partial charge in [-0.3, -0.25) is 4.79 Å². The van der Waals surface area contributed by atoms with E-state index in [9.17, 15) is 4.79 Å². The van der Waals surface area contributed by atoms with E-state index in [1.165, 1.54) is 0 Å². The minimum atomic E-state index is 0. The maximum atomic E-state index is 12.5. The van der Waals surface area contributed by atoms with Gasteiger partial charge in [0.25, 0.3) is 0 Å². The molecule has 3 nitrogen and oxygen atoms in total. The predicted octanol–water partition coefficient (Wildman–Crippen LogP) is 4.21. The summed E-state index contributed by atoms with van der Waals surface area (Å²) in [4.78, 5) is 12.5. The van der Waals surface area contributed by atoms with Gasteiger partial charge >= 0.3 is 0 Å². The molecule has 0 fully saturated rings. The van der Waals surface area contributed by atoms with Crippen LogP contribution in [0.1, 0.15) is 44.5 Å². The molecule has 0 saturated carbocycles. The van der Waals surface area contributed by atoms with Gasteiger partial charge in [-0.1, -0.05) is 33.8 Å². The van der Waals surface area contributed by atoms with Crippen molar-refractivity contribution in [2.45, 2.75) is 34.1 Å². The van der Waals surface area contributed by atoms with Crippen LogP contribution in [-0.4, -0.2) is 44.8 Å². The molecule has 0 amide bonds. The summed E-state index contributed by atoms with van der Waals surface area (Å²) in [7, 11) is 3.41. The van der Waals surface area contributed by atoms with Gasteiger partial charge in [-0.2, -0.15) is 0 Å². The van der Waals surface area contributed by atoms with Crippen LogP contribution in [0.5, 0.6) is 11.5 Å². The van der Waals surface area contributed by atoms with E-state index in [-0.39, 0.29) is 33.0 Å². The Hall–Kier alpha value is -0.483. The molecule has 0 bridgehead atoms. The Balaban J connectivity index is 0.00000441. The summed E-state index contributed by atoms with van der Waals surface area (Å²) >= 11 is 0. The number of carbonyl (C=O) groups is 1. The second-order valence-corrected chi connectivity index (χ2v) is 7.83. The van der Waals surface area contributed by atoms with Crippen LogP contribution >= 0.6 is 8.58 Å². The number of rotatable bonds is 7. The van der Waals surface area contributed by atoms with Crippen LogP contribution in [-0.2, 0) is 0 Å². The van der Waals surface area contributed by atoms with Gasteiger partial charge in [-0.15, -0.1) is 0 Å². The normalized spacial score (nSPS) is 12.8. The maximum absolute atomic E-state index is 12.5. The van der Waals surface area contributed by atoms with E-state index < -0.39 is 0 Å². The van der Waals surface area contributed by atoms with Crippen molar-refractivity contribution in [3.8, 4) is 11.5 Å². The second-order valence-electron chi connectivity index (χ2n) is 6.62. The summed E-state index contributed by atoms with van der Waals surface area (Å²) < 4.78 is 10.6. The molecule has 0 aliphatic rings. The van der Waals surface area contributed by atoms with Gasteiger partial charge in [0.2, 0.25) is 0 Å². The van der Waals surface area contributed by atoms with Crippen molar-refractivity contribution in [3.63, 3.8) is 0 Å². The van der Waals surface area contributed by atoms with Crippen LogP contribution in [0.15, 0.2) is 18.2 Å². The first-order chi connectivity index (χ1) is 9.78. The predicted molar refractivity (Wildman–Crippen MR) is 96.0 cm³/mol. The Bertz CT molecular complexity index is 461. The molecule has 0 heterocycles. The number of ether oxygens (including phenoxy) is 2. The van der Waals surface area contributed by atoms with Crippen LogP contribution in [0.4, 0.5) is 0 Å². The quantitative estimate of drug-likeness (QED) is 0.558. The fraction of sp³-hybridized carbons (Fsp3) is 0.588. The van der Waals surface area contributed by atoms with Crippen molar-refractivity contribution in [2.24, 2.45) is 11.3 Å². The van der Waals surface area contributed by atoms with Crippen molar-refractivity contribution in [1.82, 2.24) is 0 Å². The summed E-state index contributed by atoms with van der Waals surface area (Å²) in [6, 6.07) is 5.44. The van der Waals surface area contributed by atoms with Crippen molar-refractivity contribution in [2.75, 3.05) is 20.4 Å². The molecule has 1 rings (SSSR count). The minimum Gasteiger partial charge on any atom is -0.496 e. The van der Waals surface area contributed by atoms with Crippen LogP contribution in [0.2, 0.25) is 0 Å². The van der Waals surface area contributed by atoms with Crippen molar-refractivity contribution >= 4 is 33.0 Å². The molecule has 5 heteroatoms. The third-order valence-electron chi connectivity index (χ3n) is 3.23. The SMILES string of the molecule is COc1cccc(OC)c1C(=O)PCC(C)CC(C)(C)C.[Li]. The van der Waals surface area contributed by atoms with E-state index in [1.54, 1.807) is 26.4 Å². The van der Waals surface area contributed by atoms with Crippen LogP contribution < -0.4 is 9.47 Å². The third-order valence-corrected chi connectivity index (χ3v) is 4.70. The zero-order valence-electron chi connectivity index (χ0n) is 14.9. The monoisotopic (exact) mass is 317 g/mol. The van der Waals surface area contributed by atoms with Gasteiger partial charge in [0.15, 0.2) is 5.52 Å². The Kier molecular flexibility index (Phi) is 9.40. The van der Waals surface area contributed by atoms with Gasteiger partial charge in [0.05, 0.1) is 14.2 Å². The van der Waals surface area contributed by atoms with Crippen LogP contribution in [0.3, 0.4) is 0 Å². The molecular weight excluding hydrogens is 290 g/mol. The first kappa shape index (κ1) is 21.5. The van der Waals surface area contributed by atoms with Gasteiger partial charge in [0, 0.05) is 18.9 Å². The molecule has 119 valence electrons. The van der Waals surface area contributed by atoms with E-state index in [2.05, 4.69) is 27.7 Å². The number of benzene rings is 1. The zero-order chi connectivity index (χ0) is 16.0. The van der Waals surface area contributed by atoms with Crippen molar-refractivity contribution in [3.05, 3.63) is 23.8 Å². The summed E-state index contributed by atoms with van der Waals surface area (Å²) in [6.07, 6.45) is 2.04. The average molecular weight is 317 g/mol. The van der Waals surface area contributed by atoms with E-state index in [0.29, 0.717) is 28.4 Å². The topological polar surface area (TPSA) is 35.5 Å². The van der Waals surface area contributed by atoms with Crippen LogP contribution in [0, 0.1) is 11.3 Å². The Labute approximate surface area is 148 Å². The van der Waals surface area contributed by atoms with E-state index in [0.717, 1.165) is 12.6 Å². The molecule has 22 heavy (non-hydrogen) atoms. The summed E-state index contributed by atoms with van der Waals surface area (Å²) in [5.41, 5.74) is 0.989. The molecule has 0 saturated heterocycles. The Morgan fingerprint density at radius 1 is 1.18 bits per heavy atom. The largest absolute Gasteiger partial charge is 0.496 e. The first-order valence-electron chi connectivity index (χ1n) is 7.27. The number of methoxy groups -OCH3 is 2. The molecule has 1 radical (unpaired) electrons. The Morgan fingerprint density at radius 3 is 2.09 bits per heavy atom. The molecule has 2 unspecified atom stereocenters. The Morgan fingerprint density at radius 2 is 1.68 bits per heavy atom. The van der Waals surface area contributed by atoms with E-state index in [1.807, 2.05) is 6.07 Å². The summed E-state index contributed by atoms with van der Waals surface area (Å²) in [5.74, 6) is 1.72. The molecular formula is C17H27LiO3P. The fourth-order valence-electron chi connectivity index (χ4n) is 2.55. The van der Waals surface area contributed by atoms with Gasteiger partial charge < -0.3 is 9.47 Å². The molecule has 1 aromatic rings. The average Bonchev–Trinajstić information content (AvgIpc) is 2.41. The summed E-state index contributed by atoms with van der Waals surface area (Å²) in [6.45, 7) is 8.91. The molecule has 0 aromatic heterocycles. The van der Waals surface area contributed by atoms with Crippen LogP contribution in [0.25, 0.3) is 0 Å². The molecule has 0 aliphatic heterocycles. The first-order valence-corrected chi connectivity index (χ1v) is 8.48. The van der Waals surface area contributed by atoms with Crippen molar-refractivity contribution in [1.29, 1.82) is 0 Å². The van der Waals surface area contributed by atoms with E-state index >= 15 is 0 Å². The van der Waals surface area contributed by atoms with E-state index in [4.69, 9.17) is 9.47 Å². The molecule has 0 aliphatic carbocycles. The maximum Gasteiger partial charge on any atom is 0.188 e. The third kappa shape index (κ3) is 6.74. The molecule has 1 aromatic carbocycles. The zero-order valence-corrected chi connectivity index (χ0v) is 15.9. The smallest absolute Gasteiger partial charge is 0.188 e. The number of hydrogen-bond acceptors (Lipinski definition) is 3. The van der Waals surface area contributed by atoms with Gasteiger partial charge in [0.1, 0.15) is 17.1 Å². The number of hydrogen-bond donors (Lipinski definition) is 0. The second kappa shape index (κ2) is 9.61. The molecule has 0 N–H and O–H groups in total. The molecule has 0 spiro atoms. The minimum absolute atomic E-state index is 0.